The van der Waals surface area contributed by atoms with Gasteiger partial charge in [0.2, 0.25) is 0 Å². The number of rotatable bonds is 8. The molecule has 0 aliphatic heterocycles. The molecule has 0 N–H and O–H groups in total. The van der Waals surface area contributed by atoms with Crippen LogP contribution in [0.1, 0.15) is 92.9 Å². The van der Waals surface area contributed by atoms with Gasteiger partial charge in [0.1, 0.15) is 12.2 Å². The average Bonchev–Trinajstić information content (AvgIpc) is 2.74. The number of hydrogen-bond acceptors (Lipinski definition) is 1. The fraction of sp³-hybridized carbons (Fsp3) is 0.875. The van der Waals surface area contributed by atoms with Gasteiger partial charge in [-0.25, -0.2) is 0 Å². The maximum Gasteiger partial charge on any atom is 0.122 e. The fourth-order valence-corrected chi connectivity index (χ4v) is 11.1. The van der Waals surface area contributed by atoms with E-state index in [0.717, 1.165) is 11.8 Å². The second kappa shape index (κ2) is 11.9. The summed E-state index contributed by atoms with van der Waals surface area (Å²) in [6.07, 6.45) is 21.8. The van der Waals surface area contributed by atoms with E-state index in [1.165, 1.54) is 63.5 Å². The van der Waals surface area contributed by atoms with Crippen LogP contribution in [0.15, 0.2) is 0 Å². The normalized spacial score (nSPS) is 28.6. The monoisotopic (exact) mass is 514 g/mol. The zero-order chi connectivity index (χ0) is 26.7. The summed E-state index contributed by atoms with van der Waals surface area (Å²) >= 11 is 0. The third kappa shape index (κ3) is 8.25. The van der Waals surface area contributed by atoms with Crippen molar-refractivity contribution in [3.8, 4) is 24.7 Å². The van der Waals surface area contributed by atoms with Gasteiger partial charge in [-0.3, -0.25) is 0 Å². The van der Waals surface area contributed by atoms with E-state index in [0.29, 0.717) is 21.9 Å². The van der Waals surface area contributed by atoms with Crippen molar-refractivity contribution in [2.75, 3.05) is 0 Å². The topological polar surface area (TPSA) is 9.23 Å². The van der Waals surface area contributed by atoms with Crippen molar-refractivity contribution >= 4 is 16.1 Å². The number of ether oxygens (including phenoxy) is 1. The summed E-state index contributed by atoms with van der Waals surface area (Å²) in [5.41, 5.74) is 0. The summed E-state index contributed by atoms with van der Waals surface area (Å²) < 4.78 is 6.55. The van der Waals surface area contributed by atoms with Crippen LogP contribution in [0.4, 0.5) is 0 Å². The van der Waals surface area contributed by atoms with E-state index in [1.807, 2.05) is 0 Å². The van der Waals surface area contributed by atoms with Gasteiger partial charge in [-0.05, 0) is 59.4 Å². The van der Waals surface area contributed by atoms with E-state index in [2.05, 4.69) is 79.6 Å². The van der Waals surface area contributed by atoms with Crippen LogP contribution in [-0.2, 0) is 4.74 Å². The van der Waals surface area contributed by atoms with Crippen LogP contribution >= 0.6 is 0 Å². The van der Waals surface area contributed by atoms with Gasteiger partial charge in [0.25, 0.3) is 0 Å². The molecule has 0 heterocycles. The molecule has 200 valence electrons. The third-order valence-corrected chi connectivity index (χ3v) is 22.2. The van der Waals surface area contributed by atoms with Crippen LogP contribution in [-0.4, -0.2) is 28.4 Å². The van der Waals surface area contributed by atoms with Crippen molar-refractivity contribution in [2.45, 2.75) is 153 Å². The van der Waals surface area contributed by atoms with Gasteiger partial charge in [-0.1, -0.05) is 117 Å². The van der Waals surface area contributed by atoms with Crippen molar-refractivity contribution < 1.29 is 4.74 Å². The summed E-state index contributed by atoms with van der Waals surface area (Å²) in [4.78, 5) is 0. The van der Waals surface area contributed by atoms with E-state index >= 15 is 0 Å². The Balaban J connectivity index is 1.87. The predicted octanol–water partition coefficient (Wildman–Crippen LogP) is 9.64. The highest BCUT2D eigenvalue weighted by molar-refractivity contribution is 6.80. The Morgan fingerprint density at radius 3 is 1.14 bits per heavy atom. The summed E-state index contributed by atoms with van der Waals surface area (Å²) in [5, 5.41) is 0.941. The summed E-state index contributed by atoms with van der Waals surface area (Å²) in [6.45, 7) is 24.9. The van der Waals surface area contributed by atoms with Crippen molar-refractivity contribution in [3.05, 3.63) is 0 Å². The Bertz CT molecular complexity index is 674. The highest BCUT2D eigenvalue weighted by atomic mass is 28.3. The van der Waals surface area contributed by atoms with Gasteiger partial charge < -0.3 is 4.74 Å². The molecule has 0 amide bonds. The molecule has 2 unspecified atom stereocenters. The summed E-state index contributed by atoms with van der Waals surface area (Å²) in [7, 11) is -2.46. The van der Waals surface area contributed by atoms with E-state index < -0.39 is 16.1 Å². The van der Waals surface area contributed by atoms with E-state index in [4.69, 9.17) is 17.6 Å². The number of hydrogen-bond donors (Lipinski definition) is 0. The van der Waals surface area contributed by atoms with Gasteiger partial charge in [0, 0.05) is 0 Å². The molecule has 1 nitrogen and oxygen atoms in total. The van der Waals surface area contributed by atoms with Crippen molar-refractivity contribution in [3.63, 3.8) is 0 Å². The molecule has 2 atom stereocenters. The first kappa shape index (κ1) is 30.7. The van der Waals surface area contributed by atoms with Crippen LogP contribution in [0.3, 0.4) is 0 Å². The second-order valence-electron chi connectivity index (χ2n) is 15.5. The minimum atomic E-state index is -1.23. The smallest absolute Gasteiger partial charge is 0.122 e. The standard InChI is InChI=1S/C32H58OSi2/c1-13-29(27-19-15-25(16-20-27)23-34(9,10)31(3,4)5)33-30(14-2)28-21-17-26(18-22-28)24-35(11,12)32(6,7)8/h1-2,25-30H,15-24H2,3-12H3. The molecule has 0 aromatic carbocycles. The molecule has 2 aliphatic rings. The molecule has 0 aromatic rings. The Morgan fingerprint density at radius 1 is 0.629 bits per heavy atom. The van der Waals surface area contributed by atoms with Crippen LogP contribution in [0.5, 0.6) is 0 Å². The van der Waals surface area contributed by atoms with Crippen LogP contribution in [0.2, 0.25) is 48.4 Å². The molecule has 2 rings (SSSR count). The van der Waals surface area contributed by atoms with E-state index in [-0.39, 0.29) is 12.2 Å². The van der Waals surface area contributed by atoms with Crippen LogP contribution in [0.25, 0.3) is 0 Å². The van der Waals surface area contributed by atoms with Gasteiger partial charge in [0.05, 0.1) is 16.1 Å². The average molecular weight is 515 g/mol. The molecule has 0 bridgehead atoms. The highest BCUT2D eigenvalue weighted by Gasteiger charge is 2.40. The first-order valence-corrected chi connectivity index (χ1v) is 21.0. The Kier molecular flexibility index (Phi) is 10.5. The Hall–Kier alpha value is -0.486. The maximum atomic E-state index is 6.55. The fourth-order valence-electron chi connectivity index (χ4n) is 6.18. The minimum Gasteiger partial charge on any atom is -0.349 e. The maximum absolute atomic E-state index is 6.55. The third-order valence-electron chi connectivity index (χ3n) is 10.9. The molecule has 2 aliphatic carbocycles. The Labute approximate surface area is 222 Å². The van der Waals surface area contributed by atoms with Crippen molar-refractivity contribution in [1.82, 2.24) is 0 Å². The van der Waals surface area contributed by atoms with Crippen molar-refractivity contribution in [2.24, 2.45) is 23.7 Å². The molecule has 2 saturated carbocycles. The van der Waals surface area contributed by atoms with Crippen LogP contribution < -0.4 is 0 Å². The van der Waals surface area contributed by atoms with Crippen molar-refractivity contribution in [1.29, 1.82) is 0 Å². The van der Waals surface area contributed by atoms with Gasteiger partial charge in [-0.15, -0.1) is 12.8 Å². The summed E-state index contributed by atoms with van der Waals surface area (Å²) in [6, 6.07) is 2.88. The number of terminal acetylenes is 2. The lowest BCUT2D eigenvalue weighted by molar-refractivity contribution is -0.0302. The molecule has 0 saturated heterocycles. The van der Waals surface area contributed by atoms with Gasteiger partial charge in [-0.2, -0.15) is 0 Å². The van der Waals surface area contributed by atoms with Crippen LogP contribution in [0, 0.1) is 48.4 Å². The lowest BCUT2D eigenvalue weighted by Crippen LogP contribution is -2.41. The first-order chi connectivity index (χ1) is 16.0. The SMILES string of the molecule is C#CC(OC(C#C)C1CCC(C[Si](C)(C)C(C)(C)C)CC1)C1CCC(C[Si](C)(C)C(C)(C)C)CC1. The minimum absolute atomic E-state index is 0.116. The quantitative estimate of drug-likeness (QED) is 0.231. The highest BCUT2D eigenvalue weighted by Crippen LogP contribution is 2.46. The molecule has 2 fully saturated rings. The lowest BCUT2D eigenvalue weighted by atomic mass is 9.79. The van der Waals surface area contributed by atoms with E-state index in [9.17, 15) is 0 Å². The lowest BCUT2D eigenvalue weighted by Gasteiger charge is -2.42. The van der Waals surface area contributed by atoms with Gasteiger partial charge in [0.15, 0.2) is 0 Å². The largest absolute Gasteiger partial charge is 0.349 e. The second-order valence-corrected chi connectivity index (χ2v) is 26.9. The molecule has 0 radical (unpaired) electrons. The zero-order valence-corrected chi connectivity index (χ0v) is 27.1. The summed E-state index contributed by atoms with van der Waals surface area (Å²) in [5.74, 6) is 8.71. The van der Waals surface area contributed by atoms with Gasteiger partial charge >= 0.3 is 0 Å². The van der Waals surface area contributed by atoms with E-state index in [1.54, 1.807) is 0 Å². The molecule has 0 aromatic heterocycles. The predicted molar refractivity (Wildman–Crippen MR) is 161 cm³/mol. The molecule has 3 heteroatoms. The zero-order valence-electron chi connectivity index (χ0n) is 25.1. The molecular weight excluding hydrogens is 457 g/mol. The Morgan fingerprint density at radius 2 is 0.914 bits per heavy atom. The molecule has 0 spiro atoms. The molecule has 35 heavy (non-hydrogen) atoms. The molecular formula is C32H58OSi2. The first-order valence-electron chi connectivity index (χ1n) is 14.6.